The number of carbonyl (C=O) groups is 1. The molecule has 0 radical (unpaired) electrons. The Morgan fingerprint density at radius 1 is 1.07 bits per heavy atom. The summed E-state index contributed by atoms with van der Waals surface area (Å²) in [5.41, 5.74) is 2.96. The van der Waals surface area contributed by atoms with Crippen molar-refractivity contribution in [2.75, 3.05) is 0 Å². The van der Waals surface area contributed by atoms with Crippen LogP contribution in [0.15, 0.2) is 0 Å². The zero-order valence-corrected chi connectivity index (χ0v) is 17.3. The molecule has 2 saturated heterocycles. The summed E-state index contributed by atoms with van der Waals surface area (Å²) >= 11 is 0. The number of Topliss-reactive ketones (excluding diaryl/α,β-unsaturated/α-hetero) is 1. The normalized spacial score (nSPS) is 61.0. The number of nitrogens with two attached hydrogens (primary N) is 1. The van der Waals surface area contributed by atoms with Crippen LogP contribution in [0.3, 0.4) is 0 Å². The van der Waals surface area contributed by atoms with Crippen LogP contribution in [0.5, 0.6) is 0 Å². The molecule has 7 heteroatoms. The third kappa shape index (κ3) is 1.63. The molecule has 7 nitrogen and oxygen atoms in total. The van der Waals surface area contributed by atoms with Gasteiger partial charge in [0.2, 0.25) is 5.79 Å². The smallest absolute Gasteiger partial charge is 0.241 e. The fourth-order valence-electron chi connectivity index (χ4n) is 8.82. The lowest BCUT2D eigenvalue weighted by atomic mass is 9.37. The van der Waals surface area contributed by atoms with Crippen LogP contribution in [-0.2, 0) is 14.6 Å². The molecule has 6 fully saturated rings. The molecule has 6 aliphatic rings. The molecule has 0 aromatic heterocycles. The monoisotopic (exact) mass is 395 g/mol. The predicted molar refractivity (Wildman–Crippen MR) is 98.3 cm³/mol. The molecule has 2 aliphatic heterocycles. The van der Waals surface area contributed by atoms with Crippen molar-refractivity contribution in [3.8, 4) is 0 Å². The Morgan fingerprint density at radius 2 is 1.71 bits per heavy atom. The fraction of sp³-hybridized carbons (Fsp3) is 0.952. The largest absolute Gasteiger partial charge is 0.392 e. The van der Waals surface area contributed by atoms with Crippen molar-refractivity contribution >= 4 is 5.78 Å². The van der Waals surface area contributed by atoms with Crippen molar-refractivity contribution < 1.29 is 29.9 Å². The van der Waals surface area contributed by atoms with Gasteiger partial charge in [0.1, 0.15) is 17.6 Å². The molecule has 158 valence electrons. The zero-order chi connectivity index (χ0) is 20.7. The lowest BCUT2D eigenvalue weighted by Gasteiger charge is -2.67. The van der Waals surface area contributed by atoms with Crippen LogP contribution in [0.4, 0.5) is 0 Å². The summed E-state index contributed by atoms with van der Waals surface area (Å²) in [6.07, 6.45) is -1.09. The molecular formula is C21H33NO6. The highest BCUT2D eigenvalue weighted by Gasteiger charge is 2.87. The van der Waals surface area contributed by atoms with Crippen LogP contribution in [0.2, 0.25) is 0 Å². The van der Waals surface area contributed by atoms with E-state index in [9.17, 15) is 20.1 Å². The number of aliphatic hydroxyl groups is 3. The maximum absolute atomic E-state index is 13.9. The first-order valence-corrected chi connectivity index (χ1v) is 10.5. The highest BCUT2D eigenvalue weighted by molar-refractivity contribution is 5.95. The molecule has 1 spiro atoms. The quantitative estimate of drug-likeness (QED) is 0.446. The molecule has 0 unspecified atom stereocenters. The number of rotatable bonds is 0. The summed E-state index contributed by atoms with van der Waals surface area (Å²) < 4.78 is 0. The summed E-state index contributed by atoms with van der Waals surface area (Å²) in [5.74, 6) is -3.60. The predicted octanol–water partition coefficient (Wildman–Crippen LogP) is 0.742. The van der Waals surface area contributed by atoms with Gasteiger partial charge in [-0.3, -0.25) is 4.79 Å². The van der Waals surface area contributed by atoms with E-state index in [1.54, 1.807) is 0 Å². The molecule has 28 heavy (non-hydrogen) atoms. The summed E-state index contributed by atoms with van der Waals surface area (Å²) in [4.78, 5) is 25.2. The van der Waals surface area contributed by atoms with Crippen molar-refractivity contribution in [1.29, 1.82) is 0 Å². The van der Waals surface area contributed by atoms with Gasteiger partial charge in [0.15, 0.2) is 5.78 Å². The molecule has 10 atom stereocenters. The van der Waals surface area contributed by atoms with Crippen molar-refractivity contribution in [3.05, 3.63) is 0 Å². The number of fused-ring (bicyclic) bond motifs is 2. The van der Waals surface area contributed by atoms with E-state index in [0.717, 1.165) is 0 Å². The second kappa shape index (κ2) is 5.01. The van der Waals surface area contributed by atoms with Gasteiger partial charge in [-0.2, -0.15) is 4.89 Å². The molecule has 0 aromatic rings. The third-order valence-electron chi connectivity index (χ3n) is 9.67. The summed E-state index contributed by atoms with van der Waals surface area (Å²) in [6, 6.07) is -0.361. The Morgan fingerprint density at radius 3 is 2.36 bits per heavy atom. The second-order valence-electron chi connectivity index (χ2n) is 11.5. The van der Waals surface area contributed by atoms with E-state index in [1.807, 2.05) is 34.6 Å². The minimum atomic E-state index is -2.30. The van der Waals surface area contributed by atoms with E-state index in [2.05, 4.69) is 0 Å². The topological polar surface area (TPSA) is 122 Å². The SMILES string of the molecule is CC1(C)C[C@H](N)[C@H]2OO[C@]3(O)[C@@H](O)[C@H]1[C@]2(C)[C@@H]1CC[C@@H]2[C@H](O)[C@@]13C(=O)C2(C)C. The van der Waals surface area contributed by atoms with Gasteiger partial charge in [0, 0.05) is 22.8 Å². The average molecular weight is 395 g/mol. The Hall–Kier alpha value is -0.570. The lowest BCUT2D eigenvalue weighted by molar-refractivity contribution is -0.471. The first kappa shape index (κ1) is 19.4. The van der Waals surface area contributed by atoms with Gasteiger partial charge in [0.05, 0.1) is 6.10 Å². The van der Waals surface area contributed by atoms with Crippen LogP contribution in [0, 0.1) is 39.4 Å². The standard InChI is InChI=1S/C21H33NO6/c1-17(2)8-10(22)15-19(5)11-7-6-9-13(23)20(11,16(25)18(9,3)4)21(26,28-27-15)14(24)12(17)19/h9-15,23-24,26H,6-8,22H2,1-5H3/t9-,10+,11+,12-,13+,14+,15-,19+,20-,21-/m1/s1. The first-order chi connectivity index (χ1) is 12.8. The molecule has 4 aliphatic carbocycles. The van der Waals surface area contributed by atoms with Gasteiger partial charge < -0.3 is 21.1 Å². The van der Waals surface area contributed by atoms with Crippen LogP contribution in [0.1, 0.15) is 53.9 Å². The Labute approximate surface area is 165 Å². The molecule has 6 bridgehead atoms. The van der Waals surface area contributed by atoms with E-state index < -0.39 is 51.7 Å². The minimum Gasteiger partial charge on any atom is -0.392 e. The molecule has 5 N–H and O–H groups in total. The molecule has 0 amide bonds. The van der Waals surface area contributed by atoms with Crippen LogP contribution in [-0.4, -0.2) is 51.2 Å². The molecule has 4 saturated carbocycles. The summed E-state index contributed by atoms with van der Waals surface area (Å²) in [5, 5.41) is 34.9. The second-order valence-corrected chi connectivity index (χ2v) is 11.5. The van der Waals surface area contributed by atoms with Gasteiger partial charge in [-0.05, 0) is 36.5 Å². The highest BCUT2D eigenvalue weighted by atomic mass is 17.2. The Kier molecular flexibility index (Phi) is 3.47. The zero-order valence-electron chi connectivity index (χ0n) is 17.3. The van der Waals surface area contributed by atoms with Gasteiger partial charge in [0.25, 0.3) is 0 Å². The molecular weight excluding hydrogens is 362 g/mol. The lowest BCUT2D eigenvalue weighted by Crippen LogP contribution is -2.79. The van der Waals surface area contributed by atoms with Crippen LogP contribution < -0.4 is 5.73 Å². The number of carbonyl (C=O) groups excluding carboxylic acids is 1. The van der Waals surface area contributed by atoms with Gasteiger partial charge in [-0.15, -0.1) is 0 Å². The van der Waals surface area contributed by atoms with Gasteiger partial charge >= 0.3 is 0 Å². The van der Waals surface area contributed by atoms with Gasteiger partial charge in [-0.25, -0.2) is 4.89 Å². The maximum Gasteiger partial charge on any atom is 0.241 e. The van der Waals surface area contributed by atoms with Gasteiger partial charge in [-0.1, -0.05) is 34.6 Å². The number of ketones is 1. The molecule has 6 rings (SSSR count). The fourth-order valence-corrected chi connectivity index (χ4v) is 8.82. The average Bonchev–Trinajstić information content (AvgIpc) is 2.68. The van der Waals surface area contributed by atoms with Crippen molar-refractivity contribution in [3.63, 3.8) is 0 Å². The van der Waals surface area contributed by atoms with Crippen molar-refractivity contribution in [2.24, 2.45) is 45.1 Å². The number of hydrogen-bond donors (Lipinski definition) is 4. The minimum absolute atomic E-state index is 0.234. The van der Waals surface area contributed by atoms with E-state index in [0.29, 0.717) is 19.3 Å². The Bertz CT molecular complexity index is 753. The molecule has 2 heterocycles. The van der Waals surface area contributed by atoms with E-state index in [1.165, 1.54) is 0 Å². The van der Waals surface area contributed by atoms with Crippen molar-refractivity contribution in [1.82, 2.24) is 0 Å². The van der Waals surface area contributed by atoms with Crippen LogP contribution >= 0.6 is 0 Å². The first-order valence-electron chi connectivity index (χ1n) is 10.5. The molecule has 0 aromatic carbocycles. The summed E-state index contributed by atoms with van der Waals surface area (Å²) in [6.45, 7) is 9.75. The van der Waals surface area contributed by atoms with E-state index >= 15 is 0 Å². The summed E-state index contributed by atoms with van der Waals surface area (Å²) in [7, 11) is 0. The van der Waals surface area contributed by atoms with E-state index in [4.69, 9.17) is 15.5 Å². The van der Waals surface area contributed by atoms with Crippen LogP contribution in [0.25, 0.3) is 0 Å². The van der Waals surface area contributed by atoms with E-state index in [-0.39, 0.29) is 23.7 Å². The van der Waals surface area contributed by atoms with Crippen molar-refractivity contribution in [2.45, 2.75) is 84.0 Å². The highest BCUT2D eigenvalue weighted by Crippen LogP contribution is 2.76. The maximum atomic E-state index is 13.9. The third-order valence-corrected chi connectivity index (χ3v) is 9.67. The Balaban J connectivity index is 1.84. The number of aliphatic hydroxyl groups excluding tert-OH is 2. The number of hydrogen-bond acceptors (Lipinski definition) is 7.